The van der Waals surface area contributed by atoms with E-state index in [1.165, 1.54) is 47.9 Å². The molecular formula is C21H17N3O5S2. The molecule has 0 bridgehead atoms. The van der Waals surface area contributed by atoms with Crippen molar-refractivity contribution in [2.45, 2.75) is 18.2 Å². The minimum absolute atomic E-state index is 0.0309. The Morgan fingerprint density at radius 2 is 1.90 bits per heavy atom. The molecule has 2 N–H and O–H groups in total. The number of rotatable bonds is 6. The largest absolute Gasteiger partial charge is 0.423 e. The van der Waals surface area contributed by atoms with E-state index < -0.39 is 15.6 Å². The molecule has 2 aromatic carbocycles. The van der Waals surface area contributed by atoms with E-state index in [1.807, 2.05) is 19.1 Å². The second-order valence-corrected chi connectivity index (χ2v) is 9.36. The Hall–Kier alpha value is -3.50. The number of amides is 1. The molecule has 10 heteroatoms. The third kappa shape index (κ3) is 4.81. The number of carbonyl (C=O) groups excluding carboxylic acids is 1. The summed E-state index contributed by atoms with van der Waals surface area (Å²) >= 11 is 1.17. The SMILES string of the molecule is Cc1ccc2c(CC(=O)Nc3ccc(S(=O)(=O)Nc4nccs4)cc3)cc(=O)oc2c1. The minimum Gasteiger partial charge on any atom is -0.423 e. The van der Waals surface area contributed by atoms with Crippen LogP contribution in [0.3, 0.4) is 0 Å². The van der Waals surface area contributed by atoms with E-state index in [0.29, 0.717) is 22.2 Å². The lowest BCUT2D eigenvalue weighted by molar-refractivity contribution is -0.115. The predicted octanol–water partition coefficient (Wildman–Crippen LogP) is 3.54. The molecule has 1 amide bonds. The van der Waals surface area contributed by atoms with Crippen LogP contribution in [-0.2, 0) is 21.2 Å². The van der Waals surface area contributed by atoms with Gasteiger partial charge in [-0.3, -0.25) is 9.52 Å². The smallest absolute Gasteiger partial charge is 0.336 e. The topological polar surface area (TPSA) is 118 Å². The number of aromatic nitrogens is 1. The molecule has 2 aromatic heterocycles. The van der Waals surface area contributed by atoms with Gasteiger partial charge in [-0.15, -0.1) is 11.3 Å². The molecule has 0 aliphatic heterocycles. The first-order chi connectivity index (χ1) is 14.8. The van der Waals surface area contributed by atoms with Crippen molar-refractivity contribution in [1.29, 1.82) is 0 Å². The fourth-order valence-corrected chi connectivity index (χ4v) is 4.82. The lowest BCUT2D eigenvalue weighted by Crippen LogP contribution is -2.16. The van der Waals surface area contributed by atoms with Crippen LogP contribution in [0.15, 0.2) is 74.2 Å². The van der Waals surface area contributed by atoms with Gasteiger partial charge in [-0.2, -0.15) is 0 Å². The summed E-state index contributed by atoms with van der Waals surface area (Å²) in [6.07, 6.45) is 1.47. The van der Waals surface area contributed by atoms with Crippen LogP contribution in [0.25, 0.3) is 11.0 Å². The molecule has 8 nitrogen and oxygen atoms in total. The number of hydrogen-bond acceptors (Lipinski definition) is 7. The van der Waals surface area contributed by atoms with E-state index in [2.05, 4.69) is 15.0 Å². The molecule has 2 heterocycles. The Kier molecular flexibility index (Phi) is 5.57. The first kappa shape index (κ1) is 20.8. The van der Waals surface area contributed by atoms with Crippen molar-refractivity contribution in [2.24, 2.45) is 0 Å². The highest BCUT2D eigenvalue weighted by molar-refractivity contribution is 7.93. The standard InChI is InChI=1S/C21H17N3O5S2/c1-13-2-7-17-14(12-20(26)29-18(17)10-13)11-19(25)23-15-3-5-16(6-4-15)31(27,28)24-21-22-8-9-30-21/h2-10,12H,11H2,1H3,(H,22,24)(H,23,25). The minimum atomic E-state index is -3.77. The molecule has 0 saturated heterocycles. The van der Waals surface area contributed by atoms with Gasteiger partial charge in [0.15, 0.2) is 5.13 Å². The molecule has 4 aromatic rings. The molecule has 158 valence electrons. The van der Waals surface area contributed by atoms with Gasteiger partial charge in [0.1, 0.15) is 5.58 Å². The van der Waals surface area contributed by atoms with Gasteiger partial charge >= 0.3 is 5.63 Å². The fourth-order valence-electron chi connectivity index (χ4n) is 3.03. The van der Waals surface area contributed by atoms with Crippen molar-refractivity contribution in [3.05, 3.63) is 81.7 Å². The third-order valence-electron chi connectivity index (χ3n) is 4.44. The quantitative estimate of drug-likeness (QED) is 0.429. The van der Waals surface area contributed by atoms with Crippen molar-refractivity contribution in [3.63, 3.8) is 0 Å². The van der Waals surface area contributed by atoms with Crippen LogP contribution in [0, 0.1) is 6.92 Å². The molecule has 0 saturated carbocycles. The monoisotopic (exact) mass is 455 g/mol. The Labute approximate surface area is 181 Å². The van der Waals surface area contributed by atoms with E-state index in [1.54, 1.807) is 11.4 Å². The van der Waals surface area contributed by atoms with Gasteiger partial charge in [0.2, 0.25) is 5.91 Å². The predicted molar refractivity (Wildman–Crippen MR) is 119 cm³/mol. The summed E-state index contributed by atoms with van der Waals surface area (Å²) in [4.78, 5) is 28.3. The van der Waals surface area contributed by atoms with Crippen LogP contribution in [0.4, 0.5) is 10.8 Å². The number of anilines is 2. The van der Waals surface area contributed by atoms with E-state index in [0.717, 1.165) is 5.56 Å². The van der Waals surface area contributed by atoms with Crippen molar-refractivity contribution in [1.82, 2.24) is 4.98 Å². The Morgan fingerprint density at radius 1 is 1.13 bits per heavy atom. The highest BCUT2D eigenvalue weighted by Crippen LogP contribution is 2.21. The molecule has 0 fully saturated rings. The van der Waals surface area contributed by atoms with Crippen molar-refractivity contribution < 1.29 is 17.6 Å². The Balaban J connectivity index is 1.48. The normalized spacial score (nSPS) is 11.4. The second-order valence-electron chi connectivity index (χ2n) is 6.78. The van der Waals surface area contributed by atoms with Crippen LogP contribution in [0.5, 0.6) is 0 Å². The molecule has 4 rings (SSSR count). The summed E-state index contributed by atoms with van der Waals surface area (Å²) in [5.41, 5.74) is 1.83. The highest BCUT2D eigenvalue weighted by atomic mass is 32.2. The fraction of sp³-hybridized carbons (Fsp3) is 0.0952. The van der Waals surface area contributed by atoms with Crippen LogP contribution in [-0.4, -0.2) is 19.3 Å². The second kappa shape index (κ2) is 8.32. The summed E-state index contributed by atoms with van der Waals surface area (Å²) in [7, 11) is -3.77. The zero-order valence-corrected chi connectivity index (χ0v) is 17.9. The van der Waals surface area contributed by atoms with Crippen LogP contribution in [0.1, 0.15) is 11.1 Å². The number of hydrogen-bond donors (Lipinski definition) is 2. The molecule has 0 unspecified atom stereocenters. The first-order valence-electron chi connectivity index (χ1n) is 9.16. The Morgan fingerprint density at radius 3 is 2.61 bits per heavy atom. The summed E-state index contributed by atoms with van der Waals surface area (Å²) in [6.45, 7) is 1.88. The number of nitrogens with zero attached hydrogens (tertiary/aromatic N) is 1. The zero-order chi connectivity index (χ0) is 22.0. The molecule has 0 radical (unpaired) electrons. The van der Waals surface area contributed by atoms with E-state index >= 15 is 0 Å². The molecule has 0 aliphatic carbocycles. The van der Waals surface area contributed by atoms with Gasteiger partial charge in [0.25, 0.3) is 10.0 Å². The van der Waals surface area contributed by atoms with Crippen LogP contribution < -0.4 is 15.7 Å². The summed E-state index contributed by atoms with van der Waals surface area (Å²) in [5, 5.41) is 5.34. The van der Waals surface area contributed by atoms with Gasteiger partial charge < -0.3 is 9.73 Å². The number of thiazole rings is 1. The molecule has 0 atom stereocenters. The number of aryl methyl sites for hydroxylation is 1. The van der Waals surface area contributed by atoms with Gasteiger partial charge in [0.05, 0.1) is 11.3 Å². The summed E-state index contributed by atoms with van der Waals surface area (Å²) in [6, 6.07) is 12.5. The lowest BCUT2D eigenvalue weighted by atomic mass is 10.1. The average Bonchev–Trinajstić information content (AvgIpc) is 3.20. The van der Waals surface area contributed by atoms with Crippen LogP contribution >= 0.6 is 11.3 Å². The molecule has 0 spiro atoms. The van der Waals surface area contributed by atoms with Gasteiger partial charge in [-0.25, -0.2) is 18.2 Å². The van der Waals surface area contributed by atoms with Crippen molar-refractivity contribution in [2.75, 3.05) is 10.0 Å². The van der Waals surface area contributed by atoms with Gasteiger partial charge in [-0.05, 0) is 48.4 Å². The highest BCUT2D eigenvalue weighted by Gasteiger charge is 2.16. The number of carbonyl (C=O) groups is 1. The number of benzene rings is 2. The summed E-state index contributed by atoms with van der Waals surface area (Å²) in [5.74, 6) is -0.344. The van der Waals surface area contributed by atoms with Crippen molar-refractivity contribution >= 4 is 49.1 Å². The van der Waals surface area contributed by atoms with Crippen LogP contribution in [0.2, 0.25) is 0 Å². The third-order valence-corrected chi connectivity index (χ3v) is 6.61. The lowest BCUT2D eigenvalue weighted by Gasteiger charge is -2.09. The van der Waals surface area contributed by atoms with E-state index in [9.17, 15) is 18.0 Å². The van der Waals surface area contributed by atoms with Gasteiger partial charge in [-0.1, -0.05) is 12.1 Å². The maximum absolute atomic E-state index is 12.5. The van der Waals surface area contributed by atoms with Crippen molar-refractivity contribution in [3.8, 4) is 0 Å². The molecule has 31 heavy (non-hydrogen) atoms. The first-order valence-corrected chi connectivity index (χ1v) is 11.5. The number of fused-ring (bicyclic) bond motifs is 1. The van der Waals surface area contributed by atoms with Gasteiger partial charge in [0, 0.05) is 28.7 Å². The number of nitrogens with one attached hydrogen (secondary N) is 2. The summed E-state index contributed by atoms with van der Waals surface area (Å²) < 4.78 is 32.4. The van der Waals surface area contributed by atoms with E-state index in [4.69, 9.17) is 4.42 Å². The Bertz CT molecular complexity index is 1410. The maximum Gasteiger partial charge on any atom is 0.336 e. The zero-order valence-electron chi connectivity index (χ0n) is 16.3. The molecular weight excluding hydrogens is 438 g/mol. The average molecular weight is 456 g/mol. The maximum atomic E-state index is 12.5. The van der Waals surface area contributed by atoms with E-state index in [-0.39, 0.29) is 22.4 Å². The molecule has 0 aliphatic rings. The number of sulfonamides is 1.